The molecule has 0 aliphatic carbocycles. The van der Waals surface area contributed by atoms with Crippen molar-refractivity contribution in [3.8, 4) is 5.75 Å². The summed E-state index contributed by atoms with van der Waals surface area (Å²) in [6.07, 6.45) is 0. The molecule has 1 unspecified atom stereocenters. The van der Waals surface area contributed by atoms with E-state index in [1.54, 1.807) is 11.3 Å². The number of ether oxygens (including phenoxy) is 1. The molecule has 1 N–H and O–H groups in total. The van der Waals surface area contributed by atoms with Gasteiger partial charge in [-0.05, 0) is 32.9 Å². The number of rotatable bonds is 5. The molecule has 0 fully saturated rings. The van der Waals surface area contributed by atoms with Crippen molar-refractivity contribution in [3.05, 3.63) is 39.6 Å². The predicted octanol–water partition coefficient (Wildman–Crippen LogP) is 4.67. The SMILES string of the molecule is Cc1nc(C(C)Nc2ccc(OC(F)F)c(F)c2)c(C)s1. The molecule has 0 aliphatic heterocycles. The Balaban J connectivity index is 2.13. The highest BCUT2D eigenvalue weighted by Crippen LogP contribution is 2.28. The minimum atomic E-state index is -3.04. The molecule has 1 aromatic heterocycles. The number of anilines is 1. The highest BCUT2D eigenvalue weighted by molar-refractivity contribution is 7.11. The number of alkyl halides is 2. The zero-order chi connectivity index (χ0) is 15.6. The van der Waals surface area contributed by atoms with Crippen molar-refractivity contribution >= 4 is 17.0 Å². The van der Waals surface area contributed by atoms with Crippen molar-refractivity contribution in [2.75, 3.05) is 5.32 Å². The molecular weight excluding hydrogens is 301 g/mol. The van der Waals surface area contributed by atoms with Gasteiger partial charge in [0.25, 0.3) is 0 Å². The van der Waals surface area contributed by atoms with Crippen LogP contribution in [0.3, 0.4) is 0 Å². The largest absolute Gasteiger partial charge is 0.432 e. The number of nitrogens with zero attached hydrogens (tertiary/aromatic N) is 1. The molecule has 2 rings (SSSR count). The quantitative estimate of drug-likeness (QED) is 0.870. The van der Waals surface area contributed by atoms with Crippen LogP contribution in [-0.4, -0.2) is 11.6 Å². The molecule has 21 heavy (non-hydrogen) atoms. The smallest absolute Gasteiger partial charge is 0.387 e. The minimum Gasteiger partial charge on any atom is -0.432 e. The van der Waals surface area contributed by atoms with Crippen molar-refractivity contribution < 1.29 is 17.9 Å². The second-order valence-corrected chi connectivity index (χ2v) is 5.97. The number of nitrogens with one attached hydrogen (secondary N) is 1. The average Bonchev–Trinajstić information content (AvgIpc) is 2.71. The van der Waals surface area contributed by atoms with Crippen LogP contribution < -0.4 is 10.1 Å². The summed E-state index contributed by atoms with van der Waals surface area (Å²) < 4.78 is 41.8. The summed E-state index contributed by atoms with van der Waals surface area (Å²) >= 11 is 1.59. The third-order valence-electron chi connectivity index (χ3n) is 2.88. The summed E-state index contributed by atoms with van der Waals surface area (Å²) in [5, 5.41) is 4.06. The van der Waals surface area contributed by atoms with Gasteiger partial charge in [0.05, 0.1) is 16.7 Å². The average molecular weight is 316 g/mol. The first-order valence-corrected chi connectivity index (χ1v) is 7.13. The Kier molecular flexibility index (Phi) is 4.72. The van der Waals surface area contributed by atoms with E-state index in [-0.39, 0.29) is 6.04 Å². The highest BCUT2D eigenvalue weighted by atomic mass is 32.1. The summed E-state index contributed by atoms with van der Waals surface area (Å²) in [5.41, 5.74) is 1.37. The Morgan fingerprint density at radius 3 is 2.52 bits per heavy atom. The second kappa shape index (κ2) is 6.34. The molecule has 7 heteroatoms. The van der Waals surface area contributed by atoms with E-state index in [2.05, 4.69) is 15.0 Å². The zero-order valence-electron chi connectivity index (χ0n) is 11.8. The molecule has 114 valence electrons. The minimum absolute atomic E-state index is 0.115. The first-order valence-electron chi connectivity index (χ1n) is 6.31. The lowest BCUT2D eigenvalue weighted by molar-refractivity contribution is -0.0521. The molecule has 0 radical (unpaired) electrons. The Bertz CT molecular complexity index is 631. The van der Waals surface area contributed by atoms with Gasteiger partial charge in [-0.25, -0.2) is 9.37 Å². The Hall–Kier alpha value is -1.76. The van der Waals surface area contributed by atoms with E-state index in [4.69, 9.17) is 0 Å². The highest BCUT2D eigenvalue weighted by Gasteiger charge is 2.15. The monoisotopic (exact) mass is 316 g/mol. The summed E-state index contributed by atoms with van der Waals surface area (Å²) in [4.78, 5) is 5.51. The maximum absolute atomic E-state index is 13.6. The fraction of sp³-hybridized carbons (Fsp3) is 0.357. The van der Waals surface area contributed by atoms with Crippen molar-refractivity contribution in [2.45, 2.75) is 33.4 Å². The molecule has 1 aromatic carbocycles. The maximum Gasteiger partial charge on any atom is 0.387 e. The van der Waals surface area contributed by atoms with Gasteiger partial charge < -0.3 is 10.1 Å². The topological polar surface area (TPSA) is 34.2 Å². The molecule has 0 aliphatic rings. The number of thiazole rings is 1. The van der Waals surface area contributed by atoms with E-state index < -0.39 is 18.2 Å². The van der Waals surface area contributed by atoms with Gasteiger partial charge in [0.1, 0.15) is 0 Å². The van der Waals surface area contributed by atoms with Crippen molar-refractivity contribution in [2.24, 2.45) is 0 Å². The van der Waals surface area contributed by atoms with E-state index in [0.717, 1.165) is 21.6 Å². The number of halogens is 3. The van der Waals surface area contributed by atoms with E-state index in [9.17, 15) is 13.2 Å². The van der Waals surface area contributed by atoms with Gasteiger partial charge >= 0.3 is 6.61 Å². The van der Waals surface area contributed by atoms with Crippen LogP contribution in [0, 0.1) is 19.7 Å². The second-order valence-electron chi connectivity index (χ2n) is 4.56. The van der Waals surface area contributed by atoms with Gasteiger partial charge in [0, 0.05) is 16.6 Å². The summed E-state index contributed by atoms with van der Waals surface area (Å²) in [7, 11) is 0. The number of hydrogen-bond donors (Lipinski definition) is 1. The molecule has 0 spiro atoms. The summed E-state index contributed by atoms with van der Waals surface area (Å²) in [6.45, 7) is 2.75. The lowest BCUT2D eigenvalue weighted by atomic mass is 10.2. The third-order valence-corrected chi connectivity index (χ3v) is 3.78. The Morgan fingerprint density at radius 2 is 2.00 bits per heavy atom. The molecule has 0 saturated heterocycles. The van der Waals surface area contributed by atoms with Crippen molar-refractivity contribution in [1.82, 2.24) is 4.98 Å². The zero-order valence-corrected chi connectivity index (χ0v) is 12.6. The van der Waals surface area contributed by atoms with Crippen molar-refractivity contribution in [3.63, 3.8) is 0 Å². The normalized spacial score (nSPS) is 12.5. The Morgan fingerprint density at radius 1 is 1.29 bits per heavy atom. The first-order chi connectivity index (χ1) is 9.86. The molecule has 1 heterocycles. The first kappa shape index (κ1) is 15.6. The molecule has 3 nitrogen and oxygen atoms in total. The van der Waals surface area contributed by atoms with Crippen LogP contribution in [0.1, 0.15) is 28.5 Å². The van der Waals surface area contributed by atoms with E-state index in [1.165, 1.54) is 12.1 Å². The van der Waals surface area contributed by atoms with Crippen LogP contribution in [0.4, 0.5) is 18.9 Å². The van der Waals surface area contributed by atoms with Crippen LogP contribution in [0.15, 0.2) is 18.2 Å². The Labute approximate surface area is 124 Å². The van der Waals surface area contributed by atoms with E-state index in [0.29, 0.717) is 5.69 Å². The molecule has 1 atom stereocenters. The standard InChI is InChI=1S/C14H15F3N2OS/c1-7(13-8(2)21-9(3)19-13)18-10-4-5-12(11(15)6-10)20-14(16)17/h4-7,14,18H,1-3H3. The number of hydrogen-bond acceptors (Lipinski definition) is 4. The van der Waals surface area contributed by atoms with Gasteiger partial charge in [-0.3, -0.25) is 0 Å². The van der Waals surface area contributed by atoms with Crippen molar-refractivity contribution in [1.29, 1.82) is 0 Å². The van der Waals surface area contributed by atoms with Gasteiger partial charge in [-0.15, -0.1) is 11.3 Å². The fourth-order valence-corrected chi connectivity index (χ4v) is 2.96. The number of aromatic nitrogens is 1. The fourth-order valence-electron chi connectivity index (χ4n) is 2.05. The predicted molar refractivity (Wildman–Crippen MR) is 76.7 cm³/mol. The van der Waals surface area contributed by atoms with Crippen LogP contribution >= 0.6 is 11.3 Å². The molecule has 0 amide bonds. The maximum atomic E-state index is 13.6. The van der Waals surface area contributed by atoms with Gasteiger partial charge in [-0.1, -0.05) is 0 Å². The van der Waals surface area contributed by atoms with E-state index >= 15 is 0 Å². The molecule has 0 bridgehead atoms. The summed E-state index contributed by atoms with van der Waals surface area (Å²) in [5.74, 6) is -1.30. The summed E-state index contributed by atoms with van der Waals surface area (Å²) in [6, 6.07) is 3.68. The van der Waals surface area contributed by atoms with E-state index in [1.807, 2.05) is 20.8 Å². The molecule has 0 saturated carbocycles. The van der Waals surface area contributed by atoms with Gasteiger partial charge in [0.15, 0.2) is 11.6 Å². The van der Waals surface area contributed by atoms with Gasteiger partial charge in [0.2, 0.25) is 0 Å². The van der Waals surface area contributed by atoms with Crippen LogP contribution in [0.5, 0.6) is 5.75 Å². The van der Waals surface area contributed by atoms with Crippen LogP contribution in [0.25, 0.3) is 0 Å². The van der Waals surface area contributed by atoms with Crippen LogP contribution in [-0.2, 0) is 0 Å². The molecule has 2 aromatic rings. The lowest BCUT2D eigenvalue weighted by Gasteiger charge is -2.15. The number of benzene rings is 1. The van der Waals surface area contributed by atoms with Gasteiger partial charge in [-0.2, -0.15) is 8.78 Å². The number of aryl methyl sites for hydroxylation is 2. The third kappa shape index (κ3) is 3.87. The van der Waals surface area contributed by atoms with Crippen LogP contribution in [0.2, 0.25) is 0 Å². The molecular formula is C14H15F3N2OS. The lowest BCUT2D eigenvalue weighted by Crippen LogP contribution is -2.09.